The molecule has 0 bridgehead atoms. The highest BCUT2D eigenvalue weighted by molar-refractivity contribution is 6.06. The Labute approximate surface area is 234 Å². The van der Waals surface area contributed by atoms with E-state index in [9.17, 15) is 19.5 Å². The molecule has 8 heteroatoms. The number of hydrogen-bond acceptors (Lipinski definition) is 5. The average Bonchev–Trinajstić information content (AvgIpc) is 3.26. The summed E-state index contributed by atoms with van der Waals surface area (Å²) in [6.07, 6.45) is 7.76. The number of aliphatic hydroxyl groups excluding tert-OH is 1. The maximum Gasteiger partial charge on any atom is 0.253 e. The predicted molar refractivity (Wildman–Crippen MR) is 152 cm³/mol. The lowest BCUT2D eigenvalue weighted by molar-refractivity contribution is -0.147. The third-order valence-electron chi connectivity index (χ3n) is 9.03. The normalized spacial score (nSPS) is 30.5. The quantitative estimate of drug-likeness (QED) is 0.566. The van der Waals surface area contributed by atoms with Crippen molar-refractivity contribution in [3.05, 3.63) is 66.8 Å². The highest BCUT2D eigenvalue weighted by Crippen LogP contribution is 2.54. The van der Waals surface area contributed by atoms with Crippen molar-refractivity contribution in [2.75, 3.05) is 31.1 Å². The molecule has 8 nitrogen and oxygen atoms in total. The van der Waals surface area contributed by atoms with Gasteiger partial charge in [-0.15, -0.1) is 0 Å². The van der Waals surface area contributed by atoms with Gasteiger partial charge in [0.05, 0.1) is 30.6 Å². The largest absolute Gasteiger partial charge is 0.394 e. The summed E-state index contributed by atoms with van der Waals surface area (Å²) in [5, 5.41) is 12.5. The van der Waals surface area contributed by atoms with E-state index in [2.05, 4.69) is 0 Å². The molecule has 1 unspecified atom stereocenters. The van der Waals surface area contributed by atoms with Gasteiger partial charge in [-0.3, -0.25) is 14.4 Å². The zero-order chi connectivity index (χ0) is 28.2. The van der Waals surface area contributed by atoms with Crippen LogP contribution >= 0.6 is 0 Å². The molecule has 210 valence electrons. The van der Waals surface area contributed by atoms with Crippen LogP contribution in [0.2, 0.25) is 0 Å². The van der Waals surface area contributed by atoms with Crippen LogP contribution in [0, 0.1) is 17.8 Å². The summed E-state index contributed by atoms with van der Waals surface area (Å²) in [5.41, 5.74) is -0.587. The van der Waals surface area contributed by atoms with Crippen LogP contribution in [-0.4, -0.2) is 82.7 Å². The van der Waals surface area contributed by atoms with Crippen molar-refractivity contribution in [1.82, 2.24) is 9.80 Å². The van der Waals surface area contributed by atoms with Gasteiger partial charge in [0.15, 0.2) is 0 Å². The second-order valence-corrected chi connectivity index (χ2v) is 11.7. The summed E-state index contributed by atoms with van der Waals surface area (Å²) in [5.74, 6) is -2.40. The monoisotopic (exact) mass is 543 g/mol. The zero-order valence-corrected chi connectivity index (χ0v) is 23.3. The van der Waals surface area contributed by atoms with E-state index >= 15 is 0 Å². The van der Waals surface area contributed by atoms with Crippen LogP contribution in [0.3, 0.4) is 0 Å². The molecule has 2 aromatic rings. The first-order chi connectivity index (χ1) is 19.3. The molecule has 4 aliphatic rings. The molecule has 2 fully saturated rings. The first-order valence-corrected chi connectivity index (χ1v) is 14.4. The molecule has 0 saturated carbocycles. The van der Waals surface area contributed by atoms with Crippen LogP contribution in [-0.2, 0) is 19.1 Å². The Morgan fingerprint density at radius 2 is 1.77 bits per heavy atom. The molecule has 0 aromatic heterocycles. The van der Waals surface area contributed by atoms with Crippen LogP contribution < -0.4 is 4.90 Å². The van der Waals surface area contributed by atoms with Gasteiger partial charge in [0.2, 0.25) is 11.8 Å². The molecule has 2 aromatic carbocycles. The Bertz CT molecular complexity index is 1400. The van der Waals surface area contributed by atoms with Gasteiger partial charge in [0, 0.05) is 25.3 Å². The van der Waals surface area contributed by atoms with Crippen molar-refractivity contribution in [2.45, 2.75) is 51.0 Å². The van der Waals surface area contributed by atoms with Gasteiger partial charge < -0.3 is 24.5 Å². The molecule has 2 saturated heterocycles. The van der Waals surface area contributed by atoms with Gasteiger partial charge in [-0.25, -0.2) is 0 Å². The Morgan fingerprint density at radius 1 is 1.00 bits per heavy atom. The number of hydrogen-bond donors (Lipinski definition) is 1. The molecule has 4 heterocycles. The third-order valence-corrected chi connectivity index (χ3v) is 9.03. The van der Waals surface area contributed by atoms with Gasteiger partial charge in [-0.2, -0.15) is 0 Å². The zero-order valence-electron chi connectivity index (χ0n) is 23.3. The average molecular weight is 544 g/mol. The highest BCUT2D eigenvalue weighted by atomic mass is 16.5. The number of amides is 3. The molecule has 3 amide bonds. The molecule has 0 radical (unpaired) electrons. The van der Waals surface area contributed by atoms with E-state index < -0.39 is 35.6 Å². The Morgan fingerprint density at radius 3 is 2.50 bits per heavy atom. The summed E-state index contributed by atoms with van der Waals surface area (Å²) in [7, 11) is 0. The van der Waals surface area contributed by atoms with Crippen molar-refractivity contribution < 1.29 is 24.2 Å². The molecule has 6 rings (SSSR count). The van der Waals surface area contributed by atoms with Crippen molar-refractivity contribution in [2.24, 2.45) is 17.8 Å². The Kier molecular flexibility index (Phi) is 6.79. The maximum atomic E-state index is 14.6. The summed E-state index contributed by atoms with van der Waals surface area (Å²) in [6, 6.07) is 12.3. The first-order valence-electron chi connectivity index (χ1n) is 14.4. The standard InChI is InChI=1S/C32H37N3O5/c1-4-15-33-16-7-11-25-26(29(33)37)27-30(38)35(24(19-36)20(2)3)28-31(39)34(17-8-14-32(27,28)40-25)23-13-12-21-9-5-6-10-22(21)18-23/h5-14,18,20,24-28,36H,4,15-17,19H2,1-3H3/t24-,25+,26-,27-,28?,32-/m0/s1. The molecular formula is C32H37N3O5. The van der Waals surface area contributed by atoms with Crippen LogP contribution in [0.15, 0.2) is 66.8 Å². The Balaban J connectivity index is 1.48. The number of ether oxygens (including phenoxy) is 1. The summed E-state index contributed by atoms with van der Waals surface area (Å²) >= 11 is 0. The summed E-state index contributed by atoms with van der Waals surface area (Å²) in [6.45, 7) is 6.95. The van der Waals surface area contributed by atoms with E-state index in [0.29, 0.717) is 19.6 Å². The number of fused-ring (bicyclic) bond motifs is 3. The smallest absolute Gasteiger partial charge is 0.253 e. The molecule has 4 aliphatic heterocycles. The predicted octanol–water partition coefficient (Wildman–Crippen LogP) is 3.15. The molecular weight excluding hydrogens is 506 g/mol. The fourth-order valence-electron chi connectivity index (χ4n) is 7.15. The van der Waals surface area contributed by atoms with E-state index in [1.807, 2.05) is 87.5 Å². The lowest BCUT2D eigenvalue weighted by Gasteiger charge is -2.39. The molecule has 1 N–H and O–H groups in total. The van der Waals surface area contributed by atoms with Crippen LogP contribution in [0.1, 0.15) is 27.2 Å². The molecule has 40 heavy (non-hydrogen) atoms. The Hall–Kier alpha value is -3.49. The topological polar surface area (TPSA) is 90.4 Å². The van der Waals surface area contributed by atoms with Gasteiger partial charge in [-0.1, -0.05) is 75.4 Å². The second kappa shape index (κ2) is 10.2. The lowest BCUT2D eigenvalue weighted by Crippen LogP contribution is -2.59. The highest BCUT2D eigenvalue weighted by Gasteiger charge is 2.72. The number of likely N-dealkylation sites (tertiary alicyclic amines) is 1. The van der Waals surface area contributed by atoms with Crippen molar-refractivity contribution in [3.63, 3.8) is 0 Å². The van der Waals surface area contributed by atoms with Gasteiger partial charge in [0.1, 0.15) is 11.6 Å². The minimum absolute atomic E-state index is 0.115. The van der Waals surface area contributed by atoms with Crippen molar-refractivity contribution in [1.29, 1.82) is 0 Å². The number of nitrogens with zero attached hydrogens (tertiary/aromatic N) is 3. The molecule has 1 spiro atoms. The first kappa shape index (κ1) is 26.7. The third kappa shape index (κ3) is 3.91. The minimum Gasteiger partial charge on any atom is -0.394 e. The van der Waals surface area contributed by atoms with E-state index in [-0.39, 0.29) is 30.2 Å². The van der Waals surface area contributed by atoms with E-state index in [4.69, 9.17) is 4.74 Å². The fourth-order valence-corrected chi connectivity index (χ4v) is 7.15. The molecule has 6 atom stereocenters. The van der Waals surface area contributed by atoms with E-state index in [1.54, 1.807) is 14.7 Å². The molecule has 0 aliphatic carbocycles. The summed E-state index contributed by atoms with van der Waals surface area (Å²) < 4.78 is 6.72. The van der Waals surface area contributed by atoms with E-state index in [0.717, 1.165) is 22.9 Å². The van der Waals surface area contributed by atoms with Crippen molar-refractivity contribution in [3.8, 4) is 0 Å². The van der Waals surface area contributed by atoms with Gasteiger partial charge >= 0.3 is 0 Å². The number of rotatable bonds is 6. The maximum absolute atomic E-state index is 14.6. The lowest BCUT2D eigenvalue weighted by atomic mass is 9.77. The van der Waals surface area contributed by atoms with Crippen LogP contribution in [0.4, 0.5) is 5.69 Å². The number of benzene rings is 2. The van der Waals surface area contributed by atoms with Crippen molar-refractivity contribution >= 4 is 34.2 Å². The number of carbonyl (C=O) groups is 3. The van der Waals surface area contributed by atoms with Gasteiger partial charge in [0.25, 0.3) is 5.91 Å². The van der Waals surface area contributed by atoms with Gasteiger partial charge in [-0.05, 0) is 35.2 Å². The summed E-state index contributed by atoms with van der Waals surface area (Å²) in [4.78, 5) is 48.0. The number of carbonyl (C=O) groups excluding carboxylic acids is 3. The number of aliphatic hydroxyl groups is 1. The van der Waals surface area contributed by atoms with Crippen LogP contribution in [0.5, 0.6) is 0 Å². The fraction of sp³-hybridized carbons (Fsp3) is 0.469. The van der Waals surface area contributed by atoms with Crippen LogP contribution in [0.25, 0.3) is 10.8 Å². The second-order valence-electron chi connectivity index (χ2n) is 11.7. The number of anilines is 1. The minimum atomic E-state index is -1.31. The van der Waals surface area contributed by atoms with E-state index in [1.165, 1.54) is 0 Å². The SMILES string of the molecule is CCCN1CC=C[C@H]2O[C@]34C=CCN(c5ccc6ccccc6c5)C(=O)C3N([C@@H](CO)C(C)C)C(=O)[C@@H]4[C@H]2C1=O.